The zero-order chi connectivity index (χ0) is 14.5. The molecule has 0 fully saturated rings. The molecule has 3 nitrogen and oxygen atoms in total. The molecular weight excluding hydrogens is 282 g/mol. The van der Waals surface area contributed by atoms with Gasteiger partial charge >= 0.3 is 0 Å². The molecule has 0 aromatic heterocycles. The highest BCUT2D eigenvalue weighted by molar-refractivity contribution is 7.80. The van der Waals surface area contributed by atoms with Crippen LogP contribution >= 0.6 is 24.2 Å². The number of nitrogens with one attached hydrogen (secondary N) is 1. The number of hydrogen-bond donors (Lipinski definition) is 2. The van der Waals surface area contributed by atoms with Crippen LogP contribution in [0, 0.1) is 5.41 Å². The van der Waals surface area contributed by atoms with Crippen LogP contribution in [0.15, 0.2) is 23.1 Å². The Morgan fingerprint density at radius 1 is 1.47 bits per heavy atom. The summed E-state index contributed by atoms with van der Waals surface area (Å²) in [6.45, 7) is 5.42. The lowest BCUT2D eigenvalue weighted by Gasteiger charge is -2.24. The van der Waals surface area contributed by atoms with E-state index in [1.807, 2.05) is 0 Å². The summed E-state index contributed by atoms with van der Waals surface area (Å²) < 4.78 is 5.06. The molecule has 1 N–H and O–H groups in total. The Labute approximate surface area is 125 Å². The number of carbonyl (C=O) groups excluding carboxylic acids is 1. The largest absolute Gasteiger partial charge is 0.385 e. The van der Waals surface area contributed by atoms with Crippen molar-refractivity contribution in [1.29, 1.82) is 0 Å². The topological polar surface area (TPSA) is 38.3 Å². The highest BCUT2D eigenvalue weighted by Crippen LogP contribution is 2.21. The molecule has 0 saturated carbocycles. The zero-order valence-electron chi connectivity index (χ0n) is 11.5. The van der Waals surface area contributed by atoms with Crippen LogP contribution in [0.5, 0.6) is 0 Å². The van der Waals surface area contributed by atoms with Crippen LogP contribution in [0.2, 0.25) is 5.02 Å². The number of hydrogen-bond acceptors (Lipinski definition) is 3. The normalized spacial score (nSPS) is 11.4. The lowest BCUT2D eigenvalue weighted by molar-refractivity contribution is 0.0921. The van der Waals surface area contributed by atoms with Crippen molar-refractivity contribution < 1.29 is 9.53 Å². The van der Waals surface area contributed by atoms with E-state index < -0.39 is 0 Å². The van der Waals surface area contributed by atoms with Crippen LogP contribution in [-0.4, -0.2) is 26.2 Å². The summed E-state index contributed by atoms with van der Waals surface area (Å²) >= 11 is 10.2. The first-order chi connectivity index (χ1) is 8.85. The van der Waals surface area contributed by atoms with Gasteiger partial charge in [-0.3, -0.25) is 4.79 Å². The van der Waals surface area contributed by atoms with Crippen molar-refractivity contribution in [3.63, 3.8) is 0 Å². The van der Waals surface area contributed by atoms with Crippen LogP contribution in [0.25, 0.3) is 0 Å². The Morgan fingerprint density at radius 2 is 2.16 bits per heavy atom. The molecule has 0 spiro atoms. The summed E-state index contributed by atoms with van der Waals surface area (Å²) in [5.41, 5.74) is 0.438. The van der Waals surface area contributed by atoms with E-state index in [0.29, 0.717) is 28.6 Å². The van der Waals surface area contributed by atoms with E-state index in [0.717, 1.165) is 6.42 Å². The highest BCUT2D eigenvalue weighted by atomic mass is 35.5. The summed E-state index contributed by atoms with van der Waals surface area (Å²) in [6, 6.07) is 5.10. The first kappa shape index (κ1) is 16.3. The maximum atomic E-state index is 12.1. The van der Waals surface area contributed by atoms with Gasteiger partial charge in [0, 0.05) is 25.2 Å². The van der Waals surface area contributed by atoms with E-state index in [2.05, 4.69) is 31.8 Å². The third kappa shape index (κ3) is 5.43. The maximum absolute atomic E-state index is 12.1. The third-order valence-corrected chi connectivity index (χ3v) is 3.51. The lowest BCUT2D eigenvalue weighted by atomic mass is 9.89. The van der Waals surface area contributed by atoms with E-state index in [1.165, 1.54) is 0 Å². The molecule has 19 heavy (non-hydrogen) atoms. The molecular formula is C14H20ClNO2S. The fourth-order valence-electron chi connectivity index (χ4n) is 1.57. The number of benzene rings is 1. The first-order valence-electron chi connectivity index (χ1n) is 6.11. The molecule has 0 radical (unpaired) electrons. The van der Waals surface area contributed by atoms with Crippen LogP contribution in [0.4, 0.5) is 0 Å². The van der Waals surface area contributed by atoms with Crippen LogP contribution in [0.3, 0.4) is 0 Å². The summed E-state index contributed by atoms with van der Waals surface area (Å²) in [5.74, 6) is -0.175. The van der Waals surface area contributed by atoms with Crippen molar-refractivity contribution in [1.82, 2.24) is 5.32 Å². The fraction of sp³-hybridized carbons (Fsp3) is 0.500. The Morgan fingerprint density at radius 3 is 2.79 bits per heavy atom. The standard InChI is InChI=1S/C14H20ClNO2S/c1-14(2,6-7-18-3)9-16-13(17)11-8-10(19)4-5-12(11)15/h4-5,8,19H,6-7,9H2,1-3H3,(H,16,17). The molecule has 1 aromatic rings. The second kappa shape index (κ2) is 7.17. The number of rotatable bonds is 6. The van der Waals surface area contributed by atoms with Crippen molar-refractivity contribution in [3.8, 4) is 0 Å². The zero-order valence-corrected chi connectivity index (χ0v) is 13.1. The van der Waals surface area contributed by atoms with Gasteiger partial charge in [-0.15, -0.1) is 12.6 Å². The second-order valence-corrected chi connectivity index (χ2v) is 6.18. The molecule has 0 aliphatic heterocycles. The average molecular weight is 302 g/mol. The second-order valence-electron chi connectivity index (χ2n) is 5.25. The van der Waals surface area contributed by atoms with Gasteiger partial charge in [0.25, 0.3) is 5.91 Å². The van der Waals surface area contributed by atoms with Gasteiger partial charge in [0.15, 0.2) is 0 Å². The Hall–Kier alpha value is -0.710. The van der Waals surface area contributed by atoms with Crippen molar-refractivity contribution >= 4 is 30.1 Å². The molecule has 5 heteroatoms. The van der Waals surface area contributed by atoms with Crippen molar-refractivity contribution in [2.24, 2.45) is 5.41 Å². The predicted molar refractivity (Wildman–Crippen MR) is 81.3 cm³/mol. The minimum atomic E-state index is -0.175. The quantitative estimate of drug-likeness (QED) is 0.790. The van der Waals surface area contributed by atoms with Crippen LogP contribution < -0.4 is 5.32 Å². The van der Waals surface area contributed by atoms with Crippen molar-refractivity contribution in [2.75, 3.05) is 20.3 Å². The average Bonchev–Trinajstić information content (AvgIpc) is 2.36. The van der Waals surface area contributed by atoms with Crippen LogP contribution in [-0.2, 0) is 4.74 Å². The van der Waals surface area contributed by atoms with Gasteiger partial charge in [0.2, 0.25) is 0 Å². The van der Waals surface area contributed by atoms with Gasteiger partial charge in [-0.2, -0.15) is 0 Å². The number of amides is 1. The minimum Gasteiger partial charge on any atom is -0.385 e. The number of carbonyl (C=O) groups is 1. The van der Waals surface area contributed by atoms with E-state index in [-0.39, 0.29) is 11.3 Å². The molecule has 1 aromatic carbocycles. The Bertz CT molecular complexity index is 449. The fourth-order valence-corrected chi connectivity index (χ4v) is 1.98. The SMILES string of the molecule is COCCC(C)(C)CNC(=O)c1cc(S)ccc1Cl. The molecule has 1 rings (SSSR count). The molecule has 0 bridgehead atoms. The predicted octanol–water partition coefficient (Wildman–Crippen LogP) is 3.42. The smallest absolute Gasteiger partial charge is 0.252 e. The maximum Gasteiger partial charge on any atom is 0.252 e. The molecule has 0 heterocycles. The number of methoxy groups -OCH3 is 1. The first-order valence-corrected chi connectivity index (χ1v) is 6.94. The molecule has 1 amide bonds. The third-order valence-electron chi connectivity index (χ3n) is 2.91. The van der Waals surface area contributed by atoms with Crippen LogP contribution in [0.1, 0.15) is 30.6 Å². The minimum absolute atomic E-state index is 0.0171. The molecule has 0 aliphatic rings. The van der Waals surface area contributed by atoms with E-state index in [9.17, 15) is 4.79 Å². The summed E-state index contributed by atoms with van der Waals surface area (Å²) in [6.07, 6.45) is 0.879. The van der Waals surface area contributed by atoms with E-state index in [4.69, 9.17) is 16.3 Å². The lowest BCUT2D eigenvalue weighted by Crippen LogP contribution is -2.34. The summed E-state index contributed by atoms with van der Waals surface area (Å²) in [5, 5.41) is 3.34. The molecule has 0 unspecified atom stereocenters. The van der Waals surface area contributed by atoms with Crippen molar-refractivity contribution in [3.05, 3.63) is 28.8 Å². The Kier molecular flexibility index (Phi) is 6.17. The molecule has 0 aliphatic carbocycles. The Balaban J connectivity index is 2.62. The molecule has 0 saturated heterocycles. The van der Waals surface area contributed by atoms with Gasteiger partial charge in [-0.1, -0.05) is 25.4 Å². The van der Waals surface area contributed by atoms with E-state index in [1.54, 1.807) is 25.3 Å². The number of halogens is 1. The molecule has 106 valence electrons. The van der Waals surface area contributed by atoms with E-state index >= 15 is 0 Å². The van der Waals surface area contributed by atoms with Crippen molar-refractivity contribution in [2.45, 2.75) is 25.2 Å². The van der Waals surface area contributed by atoms with Gasteiger partial charge in [0.1, 0.15) is 0 Å². The number of thiol groups is 1. The van der Waals surface area contributed by atoms with Gasteiger partial charge in [-0.05, 0) is 30.0 Å². The summed E-state index contributed by atoms with van der Waals surface area (Å²) in [7, 11) is 1.67. The monoisotopic (exact) mass is 301 g/mol. The molecule has 0 atom stereocenters. The highest BCUT2D eigenvalue weighted by Gasteiger charge is 2.19. The summed E-state index contributed by atoms with van der Waals surface area (Å²) in [4.78, 5) is 12.8. The van der Waals surface area contributed by atoms with Gasteiger partial charge in [-0.25, -0.2) is 0 Å². The van der Waals surface area contributed by atoms with Gasteiger partial charge < -0.3 is 10.1 Å². The number of ether oxygens (including phenoxy) is 1. The van der Waals surface area contributed by atoms with Gasteiger partial charge in [0.05, 0.1) is 10.6 Å².